The van der Waals surface area contributed by atoms with Gasteiger partial charge in [0, 0.05) is 0 Å². The third kappa shape index (κ3) is 3.77. The normalized spacial score (nSPS) is 16.8. The van der Waals surface area contributed by atoms with Crippen LogP contribution in [-0.4, -0.2) is 23.5 Å². The molecule has 1 unspecified atom stereocenters. The lowest BCUT2D eigenvalue weighted by atomic mass is 10.1. The number of hydrogen-bond donors (Lipinski definition) is 2. The summed E-state index contributed by atoms with van der Waals surface area (Å²) in [6, 6.07) is 4.51. The number of ether oxygens (including phenoxy) is 1. The van der Waals surface area contributed by atoms with E-state index in [2.05, 4.69) is 10.1 Å². The number of aliphatic carboxylic acids is 1. The molecule has 0 heterocycles. The largest absolute Gasteiger partial charge is 0.573 e. The molecular weight excluding hydrogens is 263 g/mol. The van der Waals surface area contributed by atoms with Gasteiger partial charge < -0.3 is 15.2 Å². The molecule has 1 aromatic rings. The lowest BCUT2D eigenvalue weighted by Gasteiger charge is -2.18. The number of rotatable bonds is 5. The minimum Gasteiger partial charge on any atom is -0.480 e. The van der Waals surface area contributed by atoms with Gasteiger partial charge in [-0.3, -0.25) is 0 Å². The maximum Gasteiger partial charge on any atom is 0.573 e. The first kappa shape index (κ1) is 13.5. The molecule has 2 N–H and O–H groups in total. The fourth-order valence-electron chi connectivity index (χ4n) is 1.78. The van der Waals surface area contributed by atoms with Crippen LogP contribution in [0.25, 0.3) is 0 Å². The smallest absolute Gasteiger partial charge is 0.480 e. The second-order valence-electron chi connectivity index (χ2n) is 4.34. The number of benzene rings is 1. The third-order valence-electron chi connectivity index (χ3n) is 2.78. The average molecular weight is 275 g/mol. The number of para-hydroxylation sites is 2. The molecular formula is C12H12F3NO3. The van der Waals surface area contributed by atoms with Gasteiger partial charge in [-0.25, -0.2) is 4.79 Å². The maximum atomic E-state index is 12.2. The number of nitrogens with one attached hydrogen (secondary N) is 1. The SMILES string of the molecule is O=C(O)C(Nc1ccccc1OC(F)(F)F)C1CC1. The van der Waals surface area contributed by atoms with Crippen LogP contribution < -0.4 is 10.1 Å². The molecule has 0 bridgehead atoms. The molecule has 0 radical (unpaired) electrons. The molecule has 0 aliphatic heterocycles. The number of halogens is 3. The molecule has 4 nitrogen and oxygen atoms in total. The second kappa shape index (κ2) is 4.99. The molecule has 1 saturated carbocycles. The minimum absolute atomic E-state index is 0.0270. The van der Waals surface area contributed by atoms with E-state index in [4.69, 9.17) is 5.11 Å². The van der Waals surface area contributed by atoms with Crippen molar-refractivity contribution in [1.82, 2.24) is 0 Å². The average Bonchev–Trinajstić information content (AvgIpc) is 3.09. The summed E-state index contributed by atoms with van der Waals surface area (Å²) in [6.07, 6.45) is -3.30. The molecule has 1 aliphatic rings. The second-order valence-corrected chi connectivity index (χ2v) is 4.34. The highest BCUT2D eigenvalue weighted by Gasteiger charge is 2.37. The summed E-state index contributed by atoms with van der Waals surface area (Å²) in [5, 5.41) is 11.6. The molecule has 1 fully saturated rings. The van der Waals surface area contributed by atoms with E-state index in [0.29, 0.717) is 0 Å². The Labute approximate surface area is 107 Å². The van der Waals surface area contributed by atoms with Crippen molar-refractivity contribution < 1.29 is 27.8 Å². The van der Waals surface area contributed by atoms with Crippen LogP contribution in [0.5, 0.6) is 5.75 Å². The summed E-state index contributed by atoms with van der Waals surface area (Å²) in [5.41, 5.74) is 0.0270. The Bertz CT molecular complexity index is 472. The van der Waals surface area contributed by atoms with Gasteiger partial charge in [-0.15, -0.1) is 13.2 Å². The van der Waals surface area contributed by atoms with Crippen LogP contribution in [0.2, 0.25) is 0 Å². The first-order valence-electron chi connectivity index (χ1n) is 5.71. The lowest BCUT2D eigenvalue weighted by molar-refractivity contribution is -0.274. The summed E-state index contributed by atoms with van der Waals surface area (Å²) in [5.74, 6) is -1.55. The van der Waals surface area contributed by atoms with Gasteiger partial charge in [0.05, 0.1) is 5.69 Å². The standard InChI is InChI=1S/C12H12F3NO3/c13-12(14,15)19-9-4-2-1-3-8(9)16-10(11(17)18)7-5-6-7/h1-4,7,10,16H,5-6H2,(H,17,18). The first-order chi connectivity index (χ1) is 8.87. The number of hydrogen-bond acceptors (Lipinski definition) is 3. The van der Waals surface area contributed by atoms with Gasteiger partial charge in [0.15, 0.2) is 5.75 Å². The topological polar surface area (TPSA) is 58.6 Å². The zero-order valence-electron chi connectivity index (χ0n) is 9.78. The molecule has 1 aromatic carbocycles. The zero-order chi connectivity index (χ0) is 14.0. The summed E-state index contributed by atoms with van der Waals surface area (Å²) in [6.45, 7) is 0. The van der Waals surface area contributed by atoms with E-state index in [1.54, 1.807) is 0 Å². The summed E-state index contributed by atoms with van der Waals surface area (Å²) < 4.78 is 40.5. The van der Waals surface area contributed by atoms with Crippen LogP contribution >= 0.6 is 0 Å². The van der Waals surface area contributed by atoms with Gasteiger partial charge >= 0.3 is 12.3 Å². The maximum absolute atomic E-state index is 12.2. The predicted molar refractivity (Wildman–Crippen MR) is 60.9 cm³/mol. The van der Waals surface area contributed by atoms with Crippen molar-refractivity contribution in [2.75, 3.05) is 5.32 Å². The molecule has 0 aromatic heterocycles. The highest BCUT2D eigenvalue weighted by molar-refractivity contribution is 5.79. The van der Waals surface area contributed by atoms with E-state index in [9.17, 15) is 18.0 Å². The number of anilines is 1. The van der Waals surface area contributed by atoms with E-state index in [1.165, 1.54) is 18.2 Å². The Kier molecular flexibility index (Phi) is 3.55. The highest BCUT2D eigenvalue weighted by atomic mass is 19.4. The molecule has 104 valence electrons. The number of alkyl halides is 3. The molecule has 1 aliphatic carbocycles. The van der Waals surface area contributed by atoms with E-state index >= 15 is 0 Å². The Morgan fingerprint density at radius 3 is 2.53 bits per heavy atom. The highest BCUT2D eigenvalue weighted by Crippen LogP contribution is 2.37. The van der Waals surface area contributed by atoms with E-state index in [1.807, 2.05) is 0 Å². The van der Waals surface area contributed by atoms with Crippen LogP contribution in [0.15, 0.2) is 24.3 Å². The fourth-order valence-corrected chi connectivity index (χ4v) is 1.78. The van der Waals surface area contributed by atoms with Crippen molar-refractivity contribution in [3.05, 3.63) is 24.3 Å². The van der Waals surface area contributed by atoms with E-state index < -0.39 is 24.1 Å². The van der Waals surface area contributed by atoms with Crippen LogP contribution in [-0.2, 0) is 4.79 Å². The van der Waals surface area contributed by atoms with Crippen molar-refractivity contribution in [2.45, 2.75) is 25.2 Å². The molecule has 2 rings (SSSR count). The predicted octanol–water partition coefficient (Wildman–Crippen LogP) is 2.86. The quantitative estimate of drug-likeness (QED) is 0.867. The molecule has 0 saturated heterocycles. The van der Waals surface area contributed by atoms with Crippen molar-refractivity contribution in [1.29, 1.82) is 0 Å². The van der Waals surface area contributed by atoms with Gasteiger partial charge in [-0.1, -0.05) is 12.1 Å². The van der Waals surface area contributed by atoms with Crippen LogP contribution in [0, 0.1) is 5.92 Å². The van der Waals surface area contributed by atoms with Crippen molar-refractivity contribution >= 4 is 11.7 Å². The van der Waals surface area contributed by atoms with Crippen LogP contribution in [0.1, 0.15) is 12.8 Å². The molecule has 1 atom stereocenters. The number of carbonyl (C=O) groups is 1. The number of carboxylic acids is 1. The molecule has 7 heteroatoms. The Hall–Kier alpha value is -1.92. The fraction of sp³-hybridized carbons (Fsp3) is 0.417. The van der Waals surface area contributed by atoms with Crippen LogP contribution in [0.4, 0.5) is 18.9 Å². The van der Waals surface area contributed by atoms with Gasteiger partial charge in [-0.05, 0) is 30.9 Å². The summed E-state index contributed by atoms with van der Waals surface area (Å²) in [4.78, 5) is 11.1. The summed E-state index contributed by atoms with van der Waals surface area (Å²) >= 11 is 0. The van der Waals surface area contributed by atoms with Crippen LogP contribution in [0.3, 0.4) is 0 Å². The monoisotopic (exact) mass is 275 g/mol. The molecule has 19 heavy (non-hydrogen) atoms. The lowest BCUT2D eigenvalue weighted by Crippen LogP contribution is -2.31. The minimum atomic E-state index is -4.81. The van der Waals surface area contributed by atoms with Crippen molar-refractivity contribution in [3.63, 3.8) is 0 Å². The van der Waals surface area contributed by atoms with Crippen molar-refractivity contribution in [2.24, 2.45) is 5.92 Å². The van der Waals surface area contributed by atoms with Gasteiger partial charge in [0.2, 0.25) is 0 Å². The van der Waals surface area contributed by atoms with Gasteiger partial charge in [0.1, 0.15) is 6.04 Å². The van der Waals surface area contributed by atoms with Gasteiger partial charge in [0.25, 0.3) is 0 Å². The number of carboxylic acid groups (broad SMARTS) is 1. The Morgan fingerprint density at radius 1 is 1.37 bits per heavy atom. The molecule has 0 spiro atoms. The molecule has 0 amide bonds. The van der Waals surface area contributed by atoms with E-state index in [-0.39, 0.29) is 11.6 Å². The zero-order valence-corrected chi connectivity index (χ0v) is 9.78. The Balaban J connectivity index is 2.17. The van der Waals surface area contributed by atoms with Gasteiger partial charge in [-0.2, -0.15) is 0 Å². The summed E-state index contributed by atoms with van der Waals surface area (Å²) in [7, 11) is 0. The Morgan fingerprint density at radius 2 is 2.00 bits per heavy atom. The van der Waals surface area contributed by atoms with E-state index in [0.717, 1.165) is 18.9 Å². The third-order valence-corrected chi connectivity index (χ3v) is 2.78. The first-order valence-corrected chi connectivity index (χ1v) is 5.71. The van der Waals surface area contributed by atoms with Crippen molar-refractivity contribution in [3.8, 4) is 5.75 Å².